The molecule has 1 saturated heterocycles. The molecular formula is C18H21ClN6S. The Kier molecular flexibility index (Phi) is 6.38. The maximum absolute atomic E-state index is 6.47. The number of rotatable bonds is 5. The van der Waals surface area contributed by atoms with Gasteiger partial charge in [0, 0.05) is 38.9 Å². The van der Waals surface area contributed by atoms with Crippen molar-refractivity contribution in [2.75, 3.05) is 31.1 Å². The summed E-state index contributed by atoms with van der Waals surface area (Å²) in [6.07, 6.45) is 3.48. The summed E-state index contributed by atoms with van der Waals surface area (Å²) >= 11 is 11.2. The van der Waals surface area contributed by atoms with Gasteiger partial charge in [0.1, 0.15) is 0 Å². The second kappa shape index (κ2) is 8.93. The van der Waals surface area contributed by atoms with Gasteiger partial charge in [-0.15, -0.1) is 0 Å². The van der Waals surface area contributed by atoms with Gasteiger partial charge in [-0.05, 0) is 42.0 Å². The minimum absolute atomic E-state index is 0.132. The summed E-state index contributed by atoms with van der Waals surface area (Å²) in [4.78, 5) is 9.12. The van der Waals surface area contributed by atoms with Crippen LogP contribution < -0.4 is 16.1 Å². The van der Waals surface area contributed by atoms with Gasteiger partial charge in [-0.2, -0.15) is 5.10 Å². The molecule has 1 aliphatic rings. The van der Waals surface area contributed by atoms with E-state index in [0.29, 0.717) is 5.02 Å². The highest BCUT2D eigenvalue weighted by Crippen LogP contribution is 2.27. The van der Waals surface area contributed by atoms with Gasteiger partial charge in [0.2, 0.25) is 0 Å². The number of benzene rings is 1. The van der Waals surface area contributed by atoms with Gasteiger partial charge in [0.05, 0.1) is 22.6 Å². The van der Waals surface area contributed by atoms with Crippen LogP contribution in [0.3, 0.4) is 0 Å². The zero-order valence-corrected chi connectivity index (χ0v) is 15.9. The van der Waals surface area contributed by atoms with Gasteiger partial charge >= 0.3 is 0 Å². The number of piperazine rings is 1. The van der Waals surface area contributed by atoms with Gasteiger partial charge in [0.25, 0.3) is 0 Å². The Labute approximate surface area is 163 Å². The molecule has 0 amide bonds. The standard InChI is InChI=1S/C18H21ClN6S/c19-16-11-14(12-22-23-18(20)26)4-5-17(16)25-9-7-24(8-10-25)13-15-3-1-2-6-21-15/h1-6,11-12H,7-10,13H2,(H3,20,23,26). The molecule has 0 unspecified atom stereocenters. The van der Waals surface area contributed by atoms with Crippen LogP contribution in [0.2, 0.25) is 5.02 Å². The largest absolute Gasteiger partial charge is 0.375 e. The fourth-order valence-corrected chi connectivity index (χ4v) is 3.26. The number of nitrogens with zero attached hydrogens (tertiary/aromatic N) is 4. The van der Waals surface area contributed by atoms with Crippen LogP contribution in [0.1, 0.15) is 11.3 Å². The quantitative estimate of drug-likeness (QED) is 0.465. The fourth-order valence-electron chi connectivity index (χ4n) is 2.90. The molecule has 3 rings (SSSR count). The van der Waals surface area contributed by atoms with E-state index in [1.165, 1.54) is 0 Å². The van der Waals surface area contributed by atoms with E-state index in [1.54, 1.807) is 6.21 Å². The van der Waals surface area contributed by atoms with Crippen molar-refractivity contribution in [3.63, 3.8) is 0 Å². The molecule has 6 nitrogen and oxygen atoms in total. The number of nitrogens with one attached hydrogen (secondary N) is 1. The molecule has 1 aromatic heterocycles. The Morgan fingerprint density at radius 3 is 2.73 bits per heavy atom. The molecule has 0 saturated carbocycles. The molecule has 2 heterocycles. The predicted octanol–water partition coefficient (Wildman–Crippen LogP) is 2.22. The third-order valence-corrected chi connectivity index (χ3v) is 4.58. The monoisotopic (exact) mass is 388 g/mol. The number of nitrogens with two attached hydrogens (primary N) is 1. The molecule has 1 fully saturated rings. The maximum atomic E-state index is 6.47. The Balaban J connectivity index is 1.57. The number of halogens is 1. The Hall–Kier alpha value is -2.22. The van der Waals surface area contributed by atoms with Crippen LogP contribution >= 0.6 is 23.8 Å². The van der Waals surface area contributed by atoms with Gasteiger partial charge in [-0.25, -0.2) is 0 Å². The molecule has 0 spiro atoms. The van der Waals surface area contributed by atoms with Crippen LogP contribution in [-0.4, -0.2) is 47.4 Å². The van der Waals surface area contributed by atoms with Crippen LogP contribution in [0.15, 0.2) is 47.7 Å². The van der Waals surface area contributed by atoms with Crippen molar-refractivity contribution in [3.8, 4) is 0 Å². The first-order valence-corrected chi connectivity index (χ1v) is 9.16. The highest BCUT2D eigenvalue weighted by Gasteiger charge is 2.19. The molecule has 136 valence electrons. The summed E-state index contributed by atoms with van der Waals surface area (Å²) in [6.45, 7) is 4.71. The van der Waals surface area contributed by atoms with E-state index >= 15 is 0 Å². The van der Waals surface area contributed by atoms with Crippen molar-refractivity contribution in [2.24, 2.45) is 10.8 Å². The van der Waals surface area contributed by atoms with Crippen molar-refractivity contribution in [3.05, 3.63) is 58.9 Å². The van der Waals surface area contributed by atoms with Crippen LogP contribution in [0, 0.1) is 0 Å². The molecule has 1 aromatic carbocycles. The Morgan fingerprint density at radius 2 is 2.08 bits per heavy atom. The number of pyridine rings is 1. The van der Waals surface area contributed by atoms with E-state index in [-0.39, 0.29) is 5.11 Å². The highest BCUT2D eigenvalue weighted by molar-refractivity contribution is 7.80. The Bertz CT molecular complexity index is 775. The Morgan fingerprint density at radius 1 is 1.27 bits per heavy atom. The van der Waals surface area contributed by atoms with E-state index < -0.39 is 0 Å². The van der Waals surface area contributed by atoms with Crippen molar-refractivity contribution in [1.82, 2.24) is 15.3 Å². The van der Waals surface area contributed by atoms with Crippen molar-refractivity contribution in [1.29, 1.82) is 0 Å². The zero-order chi connectivity index (χ0) is 18.4. The van der Waals surface area contributed by atoms with Gasteiger partial charge in [-0.3, -0.25) is 15.3 Å². The molecule has 8 heteroatoms. The van der Waals surface area contributed by atoms with Crippen molar-refractivity contribution >= 4 is 40.8 Å². The van der Waals surface area contributed by atoms with E-state index in [4.69, 9.17) is 29.6 Å². The molecule has 0 atom stereocenters. The molecule has 26 heavy (non-hydrogen) atoms. The summed E-state index contributed by atoms with van der Waals surface area (Å²) in [5, 5.41) is 4.79. The highest BCUT2D eigenvalue weighted by atomic mass is 35.5. The second-order valence-electron chi connectivity index (χ2n) is 6.03. The number of anilines is 1. The van der Waals surface area contributed by atoms with Crippen LogP contribution in [0.5, 0.6) is 0 Å². The van der Waals surface area contributed by atoms with Crippen LogP contribution in [-0.2, 0) is 6.54 Å². The van der Waals surface area contributed by atoms with E-state index in [9.17, 15) is 0 Å². The van der Waals surface area contributed by atoms with Crippen LogP contribution in [0.25, 0.3) is 0 Å². The number of hydrogen-bond donors (Lipinski definition) is 2. The predicted molar refractivity (Wildman–Crippen MR) is 111 cm³/mol. The lowest BCUT2D eigenvalue weighted by Crippen LogP contribution is -2.46. The topological polar surface area (TPSA) is 69.8 Å². The number of aromatic nitrogens is 1. The van der Waals surface area contributed by atoms with E-state index in [2.05, 4.69) is 31.4 Å². The SMILES string of the molecule is NC(=S)NN=Cc1ccc(N2CCN(Cc3ccccn3)CC2)c(Cl)c1. The van der Waals surface area contributed by atoms with Gasteiger partial charge in [0.15, 0.2) is 5.11 Å². The third kappa shape index (κ3) is 5.14. The fraction of sp³-hybridized carbons (Fsp3) is 0.278. The normalized spacial score (nSPS) is 15.3. The van der Waals surface area contributed by atoms with Crippen molar-refractivity contribution < 1.29 is 0 Å². The maximum Gasteiger partial charge on any atom is 0.184 e. The molecule has 2 aromatic rings. The lowest BCUT2D eigenvalue weighted by Gasteiger charge is -2.36. The average Bonchev–Trinajstić information content (AvgIpc) is 2.63. The molecule has 0 radical (unpaired) electrons. The third-order valence-electron chi connectivity index (χ3n) is 4.18. The lowest BCUT2D eigenvalue weighted by atomic mass is 10.2. The summed E-state index contributed by atoms with van der Waals surface area (Å²) < 4.78 is 0. The summed E-state index contributed by atoms with van der Waals surface area (Å²) in [6, 6.07) is 11.9. The summed E-state index contributed by atoms with van der Waals surface area (Å²) in [5.74, 6) is 0. The summed E-state index contributed by atoms with van der Waals surface area (Å²) in [5.41, 5.74) is 10.9. The smallest absolute Gasteiger partial charge is 0.184 e. The minimum atomic E-state index is 0.132. The number of hydrogen-bond acceptors (Lipinski definition) is 5. The number of hydrazone groups is 1. The van der Waals surface area contributed by atoms with Crippen molar-refractivity contribution in [2.45, 2.75) is 6.54 Å². The number of thiocarbonyl (C=S) groups is 1. The van der Waals surface area contributed by atoms with E-state index in [1.807, 2.05) is 36.5 Å². The lowest BCUT2D eigenvalue weighted by molar-refractivity contribution is 0.247. The molecule has 0 bridgehead atoms. The first-order chi connectivity index (χ1) is 12.6. The molecule has 3 N–H and O–H groups in total. The summed E-state index contributed by atoms with van der Waals surface area (Å²) in [7, 11) is 0. The minimum Gasteiger partial charge on any atom is -0.375 e. The molecule has 1 aliphatic heterocycles. The first-order valence-electron chi connectivity index (χ1n) is 8.37. The first kappa shape index (κ1) is 18.6. The van der Waals surface area contributed by atoms with E-state index in [0.717, 1.165) is 49.7 Å². The zero-order valence-electron chi connectivity index (χ0n) is 14.3. The second-order valence-corrected chi connectivity index (χ2v) is 6.88. The molecular weight excluding hydrogens is 368 g/mol. The van der Waals surface area contributed by atoms with Gasteiger partial charge < -0.3 is 10.6 Å². The van der Waals surface area contributed by atoms with Crippen LogP contribution in [0.4, 0.5) is 5.69 Å². The molecule has 0 aliphatic carbocycles. The average molecular weight is 389 g/mol. The van der Waals surface area contributed by atoms with Gasteiger partial charge in [-0.1, -0.05) is 23.7 Å².